The fourth-order valence-corrected chi connectivity index (χ4v) is 1.33. The van der Waals surface area contributed by atoms with Crippen molar-refractivity contribution in [3.8, 4) is 0 Å². The van der Waals surface area contributed by atoms with Crippen molar-refractivity contribution >= 4 is 5.78 Å². The summed E-state index contributed by atoms with van der Waals surface area (Å²) in [4.78, 5) is 11.4. The lowest BCUT2D eigenvalue weighted by atomic mass is 10.0. The van der Waals surface area contributed by atoms with E-state index in [9.17, 15) is 22.4 Å². The number of alkyl halides is 3. The van der Waals surface area contributed by atoms with Crippen LogP contribution in [-0.2, 0) is 6.18 Å². The van der Waals surface area contributed by atoms with Gasteiger partial charge >= 0.3 is 6.18 Å². The summed E-state index contributed by atoms with van der Waals surface area (Å²) in [6, 6.07) is 1.68. The summed E-state index contributed by atoms with van der Waals surface area (Å²) in [5.41, 5.74) is 3.89. The topological polar surface area (TPSA) is 43.1 Å². The Balaban J connectivity index is 3.01. The van der Waals surface area contributed by atoms with Crippen LogP contribution in [0.1, 0.15) is 29.3 Å². The molecule has 2 nitrogen and oxygen atoms in total. The van der Waals surface area contributed by atoms with Gasteiger partial charge in [0.05, 0.1) is 5.56 Å². The summed E-state index contributed by atoms with van der Waals surface area (Å²) in [7, 11) is 0. The molecule has 0 saturated carbocycles. The minimum atomic E-state index is -4.76. The maximum atomic E-state index is 13.1. The summed E-state index contributed by atoms with van der Waals surface area (Å²) in [6.07, 6.45) is -4.79. The Labute approximate surface area is 95.4 Å². The van der Waals surface area contributed by atoms with Crippen LogP contribution < -0.4 is 5.73 Å². The zero-order valence-electron chi connectivity index (χ0n) is 9.01. The quantitative estimate of drug-likeness (QED) is 0.661. The number of carbonyl (C=O) groups is 1. The molecule has 1 aromatic carbocycles. The van der Waals surface area contributed by atoms with E-state index in [2.05, 4.69) is 0 Å². The average molecular weight is 249 g/mol. The van der Waals surface area contributed by atoms with Crippen molar-refractivity contribution in [2.45, 2.75) is 25.6 Å². The van der Waals surface area contributed by atoms with Crippen LogP contribution in [0.3, 0.4) is 0 Å². The van der Waals surface area contributed by atoms with E-state index in [0.717, 1.165) is 6.07 Å². The van der Waals surface area contributed by atoms with Crippen LogP contribution in [0.4, 0.5) is 17.6 Å². The maximum Gasteiger partial charge on any atom is 0.419 e. The third-order valence-corrected chi connectivity index (χ3v) is 2.10. The van der Waals surface area contributed by atoms with Crippen molar-refractivity contribution in [2.75, 3.05) is 0 Å². The minimum Gasteiger partial charge on any atom is -0.328 e. The number of carbonyl (C=O) groups excluding carboxylic acids is 1. The Morgan fingerprint density at radius 2 is 2.00 bits per heavy atom. The van der Waals surface area contributed by atoms with E-state index in [-0.39, 0.29) is 12.0 Å². The molecule has 1 rings (SSSR count). The standard InChI is InChI=1S/C11H11F4NO/c1-6(16)4-10(17)7-2-3-8(9(12)5-7)11(13,14)15/h2-3,5-6H,4,16H2,1H3. The van der Waals surface area contributed by atoms with Gasteiger partial charge in [-0.05, 0) is 19.1 Å². The number of rotatable bonds is 3. The SMILES string of the molecule is CC(N)CC(=O)c1ccc(C(F)(F)F)c(F)c1. The number of ketones is 1. The van der Waals surface area contributed by atoms with Crippen LogP contribution in [0.15, 0.2) is 18.2 Å². The molecule has 17 heavy (non-hydrogen) atoms. The number of halogens is 4. The third kappa shape index (κ3) is 3.52. The smallest absolute Gasteiger partial charge is 0.328 e. The molecule has 0 aliphatic carbocycles. The highest BCUT2D eigenvalue weighted by Crippen LogP contribution is 2.31. The average Bonchev–Trinajstić information content (AvgIpc) is 2.14. The van der Waals surface area contributed by atoms with E-state index in [1.54, 1.807) is 6.92 Å². The van der Waals surface area contributed by atoms with Gasteiger partial charge in [-0.3, -0.25) is 4.79 Å². The summed E-state index contributed by atoms with van der Waals surface area (Å²) in [6.45, 7) is 1.58. The van der Waals surface area contributed by atoms with Crippen LogP contribution in [-0.4, -0.2) is 11.8 Å². The largest absolute Gasteiger partial charge is 0.419 e. The maximum absolute atomic E-state index is 13.1. The Hall–Kier alpha value is -1.43. The van der Waals surface area contributed by atoms with E-state index in [0.29, 0.717) is 12.1 Å². The molecular formula is C11H11F4NO. The molecule has 0 aliphatic heterocycles. The molecule has 94 valence electrons. The van der Waals surface area contributed by atoms with Gasteiger partial charge in [0.15, 0.2) is 5.78 Å². The monoisotopic (exact) mass is 249 g/mol. The van der Waals surface area contributed by atoms with Gasteiger partial charge in [0, 0.05) is 18.0 Å². The van der Waals surface area contributed by atoms with E-state index in [4.69, 9.17) is 5.73 Å². The zero-order valence-corrected chi connectivity index (χ0v) is 9.01. The number of benzene rings is 1. The molecule has 2 N–H and O–H groups in total. The van der Waals surface area contributed by atoms with Crippen LogP contribution >= 0.6 is 0 Å². The molecule has 0 aliphatic rings. The Kier molecular flexibility index (Phi) is 3.87. The molecule has 1 aromatic rings. The second-order valence-corrected chi connectivity index (χ2v) is 3.80. The van der Waals surface area contributed by atoms with Gasteiger partial charge in [-0.15, -0.1) is 0 Å². The van der Waals surface area contributed by atoms with Crippen molar-refractivity contribution in [3.63, 3.8) is 0 Å². The van der Waals surface area contributed by atoms with Crippen LogP contribution in [0, 0.1) is 5.82 Å². The Bertz CT molecular complexity index is 426. The summed E-state index contributed by atoms with van der Waals surface area (Å²) < 4.78 is 49.9. The number of hydrogen-bond acceptors (Lipinski definition) is 2. The fourth-order valence-electron chi connectivity index (χ4n) is 1.33. The van der Waals surface area contributed by atoms with Crippen LogP contribution in [0.5, 0.6) is 0 Å². The van der Waals surface area contributed by atoms with Crippen molar-refractivity contribution in [2.24, 2.45) is 5.73 Å². The molecular weight excluding hydrogens is 238 g/mol. The number of Topliss-reactive ketones (excluding diaryl/α,β-unsaturated/α-hetero) is 1. The molecule has 0 saturated heterocycles. The van der Waals surface area contributed by atoms with Gasteiger partial charge in [-0.2, -0.15) is 13.2 Å². The minimum absolute atomic E-state index is 0.0369. The van der Waals surface area contributed by atoms with E-state index < -0.39 is 29.4 Å². The van der Waals surface area contributed by atoms with Crippen molar-refractivity contribution in [1.29, 1.82) is 0 Å². The number of hydrogen-bond donors (Lipinski definition) is 1. The lowest BCUT2D eigenvalue weighted by molar-refractivity contribution is -0.140. The summed E-state index contributed by atoms with van der Waals surface area (Å²) in [5, 5.41) is 0. The first-order valence-corrected chi connectivity index (χ1v) is 4.87. The van der Waals surface area contributed by atoms with Gasteiger partial charge in [-0.1, -0.05) is 6.07 Å². The first kappa shape index (κ1) is 13.6. The van der Waals surface area contributed by atoms with Crippen molar-refractivity contribution in [3.05, 3.63) is 35.1 Å². The molecule has 0 spiro atoms. The highest BCUT2D eigenvalue weighted by atomic mass is 19.4. The van der Waals surface area contributed by atoms with Gasteiger partial charge in [-0.25, -0.2) is 4.39 Å². The zero-order chi connectivity index (χ0) is 13.2. The highest BCUT2D eigenvalue weighted by Gasteiger charge is 2.34. The highest BCUT2D eigenvalue weighted by molar-refractivity contribution is 5.96. The summed E-state index contributed by atoms with van der Waals surface area (Å²) >= 11 is 0. The molecule has 0 amide bonds. The molecule has 0 aromatic heterocycles. The van der Waals surface area contributed by atoms with Gasteiger partial charge in [0.25, 0.3) is 0 Å². The van der Waals surface area contributed by atoms with Gasteiger partial charge in [0.1, 0.15) is 5.82 Å². The second kappa shape index (κ2) is 4.83. The van der Waals surface area contributed by atoms with Crippen LogP contribution in [0.2, 0.25) is 0 Å². The van der Waals surface area contributed by atoms with E-state index in [1.165, 1.54) is 0 Å². The normalized spacial score (nSPS) is 13.5. The van der Waals surface area contributed by atoms with Crippen molar-refractivity contribution in [1.82, 2.24) is 0 Å². The molecule has 0 bridgehead atoms. The molecule has 6 heteroatoms. The van der Waals surface area contributed by atoms with E-state index >= 15 is 0 Å². The third-order valence-electron chi connectivity index (χ3n) is 2.10. The Morgan fingerprint density at radius 1 is 1.41 bits per heavy atom. The Morgan fingerprint density at radius 3 is 2.41 bits per heavy atom. The number of nitrogens with two attached hydrogens (primary N) is 1. The van der Waals surface area contributed by atoms with E-state index in [1.807, 2.05) is 0 Å². The van der Waals surface area contributed by atoms with Crippen molar-refractivity contribution < 1.29 is 22.4 Å². The lowest BCUT2D eigenvalue weighted by Gasteiger charge is -2.09. The molecule has 1 atom stereocenters. The first-order chi connectivity index (χ1) is 7.71. The predicted octanol–water partition coefficient (Wildman–Crippen LogP) is 2.76. The summed E-state index contributed by atoms with van der Waals surface area (Å²) in [5.74, 6) is -1.93. The molecule has 0 fully saturated rings. The lowest BCUT2D eigenvalue weighted by Crippen LogP contribution is -2.20. The molecule has 0 radical (unpaired) electrons. The first-order valence-electron chi connectivity index (χ1n) is 4.87. The fraction of sp³-hybridized carbons (Fsp3) is 0.364. The van der Waals surface area contributed by atoms with Crippen LogP contribution in [0.25, 0.3) is 0 Å². The second-order valence-electron chi connectivity index (χ2n) is 3.80. The van der Waals surface area contributed by atoms with Gasteiger partial charge < -0.3 is 5.73 Å². The molecule has 0 heterocycles. The molecule has 1 unspecified atom stereocenters. The predicted molar refractivity (Wildman–Crippen MR) is 54.0 cm³/mol. The van der Waals surface area contributed by atoms with Gasteiger partial charge in [0.2, 0.25) is 0 Å².